The minimum absolute atomic E-state index is 0.0168. The SMILES string of the molecule is CCC1=C(C(=O)O)C[C@H](N)[C@@H](NC(C)=O)[C@@H]1OC(CC)CC. The second-order valence-corrected chi connectivity index (χ2v) is 5.75. The van der Waals surface area contributed by atoms with Crippen LogP contribution in [0.1, 0.15) is 53.4 Å². The summed E-state index contributed by atoms with van der Waals surface area (Å²) in [6.45, 7) is 7.39. The first-order chi connectivity index (χ1) is 10.3. The Bertz CT molecular complexity index is 443. The van der Waals surface area contributed by atoms with Gasteiger partial charge in [0, 0.05) is 18.5 Å². The maximum absolute atomic E-state index is 11.5. The largest absolute Gasteiger partial charge is 0.478 e. The highest BCUT2D eigenvalue weighted by Crippen LogP contribution is 2.31. The van der Waals surface area contributed by atoms with Gasteiger partial charge < -0.3 is 20.9 Å². The van der Waals surface area contributed by atoms with Gasteiger partial charge in [0.05, 0.1) is 12.1 Å². The molecular weight excluding hydrogens is 284 g/mol. The van der Waals surface area contributed by atoms with E-state index < -0.39 is 24.2 Å². The van der Waals surface area contributed by atoms with Crippen LogP contribution in [0.3, 0.4) is 0 Å². The zero-order valence-electron chi connectivity index (χ0n) is 13.9. The second-order valence-electron chi connectivity index (χ2n) is 5.75. The van der Waals surface area contributed by atoms with E-state index in [0.717, 1.165) is 18.4 Å². The van der Waals surface area contributed by atoms with Gasteiger partial charge in [-0.1, -0.05) is 20.8 Å². The van der Waals surface area contributed by atoms with Crippen LogP contribution in [0.4, 0.5) is 0 Å². The highest BCUT2D eigenvalue weighted by molar-refractivity contribution is 5.88. The molecule has 0 fully saturated rings. The van der Waals surface area contributed by atoms with Gasteiger partial charge in [-0.3, -0.25) is 4.79 Å². The molecule has 0 spiro atoms. The van der Waals surface area contributed by atoms with Crippen LogP contribution < -0.4 is 11.1 Å². The molecule has 0 aromatic carbocycles. The van der Waals surface area contributed by atoms with Gasteiger partial charge in [-0.25, -0.2) is 4.79 Å². The average molecular weight is 312 g/mol. The van der Waals surface area contributed by atoms with Crippen LogP contribution in [-0.2, 0) is 14.3 Å². The van der Waals surface area contributed by atoms with Crippen molar-refractivity contribution in [2.75, 3.05) is 0 Å². The van der Waals surface area contributed by atoms with Gasteiger partial charge in [0.25, 0.3) is 0 Å². The molecule has 1 rings (SSSR count). The Hall–Kier alpha value is -1.40. The standard InChI is InChI=1S/C16H28N2O4/c1-5-10(6-2)22-15-11(7-3)12(16(20)21)8-13(17)14(15)18-9(4)19/h10,13-15H,5-8,17H2,1-4H3,(H,18,19)(H,20,21)/t13-,14+,15+/m0/s1. The first-order valence-electron chi connectivity index (χ1n) is 7.98. The van der Waals surface area contributed by atoms with E-state index in [0.29, 0.717) is 12.0 Å². The second kappa shape index (κ2) is 8.29. The molecule has 0 aliphatic heterocycles. The maximum Gasteiger partial charge on any atom is 0.331 e. The van der Waals surface area contributed by atoms with Gasteiger partial charge in [0.1, 0.15) is 6.10 Å². The molecule has 22 heavy (non-hydrogen) atoms. The number of hydrogen-bond acceptors (Lipinski definition) is 4. The Morgan fingerprint density at radius 2 is 1.95 bits per heavy atom. The lowest BCUT2D eigenvalue weighted by Crippen LogP contribution is -2.58. The zero-order chi connectivity index (χ0) is 16.9. The van der Waals surface area contributed by atoms with Crippen LogP contribution in [-0.4, -0.2) is 41.3 Å². The van der Waals surface area contributed by atoms with Crippen molar-refractivity contribution in [2.45, 2.75) is 77.7 Å². The Morgan fingerprint density at radius 1 is 1.36 bits per heavy atom. The van der Waals surface area contributed by atoms with E-state index in [2.05, 4.69) is 5.32 Å². The number of carbonyl (C=O) groups is 2. The summed E-state index contributed by atoms with van der Waals surface area (Å²) < 4.78 is 6.14. The maximum atomic E-state index is 11.5. The molecule has 1 amide bonds. The highest BCUT2D eigenvalue weighted by Gasteiger charge is 2.40. The summed E-state index contributed by atoms with van der Waals surface area (Å²) in [5.41, 5.74) is 7.19. The molecule has 4 N–H and O–H groups in total. The third-order valence-corrected chi connectivity index (χ3v) is 4.22. The summed E-state index contributed by atoms with van der Waals surface area (Å²) in [5, 5.41) is 12.3. The van der Waals surface area contributed by atoms with Gasteiger partial charge in [-0.15, -0.1) is 0 Å². The number of ether oxygens (including phenoxy) is 1. The van der Waals surface area contributed by atoms with Gasteiger partial charge in [-0.05, 0) is 31.3 Å². The van der Waals surface area contributed by atoms with Crippen molar-refractivity contribution in [3.63, 3.8) is 0 Å². The van der Waals surface area contributed by atoms with E-state index in [1.54, 1.807) is 0 Å². The molecule has 0 aromatic rings. The first-order valence-corrected chi connectivity index (χ1v) is 7.98. The molecule has 0 unspecified atom stereocenters. The molecule has 1 aliphatic rings. The summed E-state index contributed by atoms with van der Waals surface area (Å²) in [6, 6.07) is -0.860. The number of carboxylic acids is 1. The van der Waals surface area contributed by atoms with Gasteiger partial charge in [0.15, 0.2) is 0 Å². The fraction of sp³-hybridized carbons (Fsp3) is 0.750. The van der Waals surface area contributed by atoms with E-state index in [1.807, 2.05) is 20.8 Å². The van der Waals surface area contributed by atoms with E-state index in [1.165, 1.54) is 6.92 Å². The zero-order valence-corrected chi connectivity index (χ0v) is 13.9. The molecule has 0 heterocycles. The molecular formula is C16H28N2O4. The third kappa shape index (κ3) is 4.30. The Morgan fingerprint density at radius 3 is 2.36 bits per heavy atom. The summed E-state index contributed by atoms with van der Waals surface area (Å²) in [4.78, 5) is 23.0. The van der Waals surface area contributed by atoms with E-state index >= 15 is 0 Å². The van der Waals surface area contributed by atoms with Crippen LogP contribution >= 0.6 is 0 Å². The lowest BCUT2D eigenvalue weighted by molar-refractivity contribution is -0.133. The summed E-state index contributed by atoms with van der Waals surface area (Å²) >= 11 is 0. The van der Waals surface area contributed by atoms with Crippen molar-refractivity contribution in [1.29, 1.82) is 0 Å². The van der Waals surface area contributed by atoms with Gasteiger partial charge in [-0.2, -0.15) is 0 Å². The van der Waals surface area contributed by atoms with Crippen LogP contribution in [0.15, 0.2) is 11.1 Å². The normalized spacial score (nSPS) is 25.5. The average Bonchev–Trinajstić information content (AvgIpc) is 2.46. The molecule has 126 valence electrons. The number of carboxylic acid groups (broad SMARTS) is 1. The number of nitrogens with two attached hydrogens (primary N) is 1. The number of nitrogens with one attached hydrogen (secondary N) is 1. The Labute approximate surface area is 132 Å². The topological polar surface area (TPSA) is 102 Å². The minimum atomic E-state index is -0.952. The summed E-state index contributed by atoms with van der Waals surface area (Å²) in [7, 11) is 0. The number of amides is 1. The van der Waals surface area contributed by atoms with Crippen LogP contribution in [0, 0.1) is 0 Å². The lowest BCUT2D eigenvalue weighted by atomic mass is 9.81. The summed E-state index contributed by atoms with van der Waals surface area (Å²) in [6.07, 6.45) is 2.00. The van der Waals surface area contributed by atoms with Crippen molar-refractivity contribution in [2.24, 2.45) is 5.73 Å². The van der Waals surface area contributed by atoms with E-state index in [-0.39, 0.29) is 18.4 Å². The Balaban J connectivity index is 3.22. The van der Waals surface area contributed by atoms with Crippen LogP contribution in [0.2, 0.25) is 0 Å². The molecule has 1 aliphatic carbocycles. The third-order valence-electron chi connectivity index (χ3n) is 4.22. The molecule has 6 heteroatoms. The van der Waals surface area contributed by atoms with Crippen LogP contribution in [0.5, 0.6) is 0 Å². The van der Waals surface area contributed by atoms with Crippen molar-refractivity contribution in [3.05, 3.63) is 11.1 Å². The predicted octanol–water partition coefficient (Wildman–Crippen LogP) is 1.59. The molecule has 0 aromatic heterocycles. The fourth-order valence-electron chi connectivity index (χ4n) is 3.02. The molecule has 0 bridgehead atoms. The van der Waals surface area contributed by atoms with Crippen LogP contribution in [0.25, 0.3) is 0 Å². The fourth-order valence-corrected chi connectivity index (χ4v) is 3.02. The van der Waals surface area contributed by atoms with Gasteiger partial charge in [0.2, 0.25) is 5.91 Å². The molecule has 0 radical (unpaired) electrons. The first kappa shape index (κ1) is 18.6. The van der Waals surface area contributed by atoms with E-state index in [9.17, 15) is 14.7 Å². The van der Waals surface area contributed by atoms with Gasteiger partial charge >= 0.3 is 5.97 Å². The number of aliphatic carboxylic acids is 1. The molecule has 3 atom stereocenters. The number of rotatable bonds is 7. The minimum Gasteiger partial charge on any atom is -0.478 e. The lowest BCUT2D eigenvalue weighted by Gasteiger charge is -2.40. The predicted molar refractivity (Wildman–Crippen MR) is 84.4 cm³/mol. The smallest absolute Gasteiger partial charge is 0.331 e. The molecule has 6 nitrogen and oxygen atoms in total. The van der Waals surface area contributed by atoms with Crippen molar-refractivity contribution < 1.29 is 19.4 Å². The van der Waals surface area contributed by atoms with E-state index in [4.69, 9.17) is 10.5 Å². The molecule has 0 saturated heterocycles. The van der Waals surface area contributed by atoms with Crippen molar-refractivity contribution in [3.8, 4) is 0 Å². The van der Waals surface area contributed by atoms with Crippen molar-refractivity contribution >= 4 is 11.9 Å². The van der Waals surface area contributed by atoms with Crippen molar-refractivity contribution in [1.82, 2.24) is 5.32 Å². The number of carbonyl (C=O) groups excluding carboxylic acids is 1. The monoisotopic (exact) mass is 312 g/mol. The molecule has 0 saturated carbocycles. The number of hydrogen-bond donors (Lipinski definition) is 3. The summed E-state index contributed by atoms with van der Waals surface area (Å²) in [5.74, 6) is -1.14. The quantitative estimate of drug-likeness (QED) is 0.662. The Kier molecular flexibility index (Phi) is 7.03. The highest BCUT2D eigenvalue weighted by atomic mass is 16.5.